The maximum atomic E-state index is 12.8. The molecule has 1 unspecified atom stereocenters. The fourth-order valence-corrected chi connectivity index (χ4v) is 7.05. The molecule has 0 saturated carbocycles. The first-order valence-electron chi connectivity index (χ1n) is 26.9. The molecular weight excluding hydrogens is 817 g/mol. The highest BCUT2D eigenvalue weighted by molar-refractivity contribution is 5.71. The highest BCUT2D eigenvalue weighted by Gasteiger charge is 2.19. The van der Waals surface area contributed by atoms with Crippen LogP contribution < -0.4 is 0 Å². The molecule has 0 aliphatic carbocycles. The lowest BCUT2D eigenvalue weighted by Crippen LogP contribution is -2.30. The van der Waals surface area contributed by atoms with Crippen LogP contribution in [0.1, 0.15) is 233 Å². The maximum absolute atomic E-state index is 12.8. The van der Waals surface area contributed by atoms with Gasteiger partial charge in [-0.25, -0.2) is 0 Å². The number of carbonyl (C=O) groups is 3. The van der Waals surface area contributed by atoms with Crippen molar-refractivity contribution in [2.24, 2.45) is 0 Å². The lowest BCUT2D eigenvalue weighted by Gasteiger charge is -2.18. The molecule has 0 aromatic heterocycles. The Morgan fingerprint density at radius 2 is 0.591 bits per heavy atom. The molecular formula is C60H98O6. The predicted molar refractivity (Wildman–Crippen MR) is 283 cm³/mol. The van der Waals surface area contributed by atoms with Crippen molar-refractivity contribution in [2.75, 3.05) is 13.2 Å². The van der Waals surface area contributed by atoms with E-state index in [-0.39, 0.29) is 37.5 Å². The number of hydrogen-bond acceptors (Lipinski definition) is 6. The summed E-state index contributed by atoms with van der Waals surface area (Å²) in [5, 5.41) is 0. The van der Waals surface area contributed by atoms with Crippen LogP contribution >= 0.6 is 0 Å². The van der Waals surface area contributed by atoms with E-state index in [4.69, 9.17) is 14.2 Å². The third kappa shape index (κ3) is 51.1. The van der Waals surface area contributed by atoms with Crippen LogP contribution in [0.4, 0.5) is 0 Å². The minimum Gasteiger partial charge on any atom is -0.462 e. The van der Waals surface area contributed by atoms with Gasteiger partial charge in [-0.3, -0.25) is 14.4 Å². The van der Waals surface area contributed by atoms with Crippen molar-refractivity contribution >= 4 is 17.9 Å². The predicted octanol–water partition coefficient (Wildman–Crippen LogP) is 17.9. The second-order valence-corrected chi connectivity index (χ2v) is 17.4. The van der Waals surface area contributed by atoms with Crippen molar-refractivity contribution in [3.63, 3.8) is 0 Å². The van der Waals surface area contributed by atoms with Gasteiger partial charge in [0.05, 0.1) is 0 Å². The Hall–Kier alpha value is -3.93. The lowest BCUT2D eigenvalue weighted by atomic mass is 10.1. The summed E-state index contributed by atoms with van der Waals surface area (Å²) in [5.74, 6) is -0.946. The zero-order valence-corrected chi connectivity index (χ0v) is 42.7. The maximum Gasteiger partial charge on any atom is 0.306 e. The van der Waals surface area contributed by atoms with Gasteiger partial charge in [0.15, 0.2) is 6.10 Å². The Morgan fingerprint density at radius 3 is 0.939 bits per heavy atom. The van der Waals surface area contributed by atoms with E-state index in [1.807, 2.05) is 0 Å². The first-order valence-corrected chi connectivity index (χ1v) is 26.9. The summed E-state index contributed by atoms with van der Waals surface area (Å²) >= 11 is 0. The number of allylic oxidation sites excluding steroid dienone is 18. The minimum absolute atomic E-state index is 0.0949. The number of hydrogen-bond donors (Lipinski definition) is 0. The highest BCUT2D eigenvalue weighted by atomic mass is 16.6. The molecule has 0 bridgehead atoms. The van der Waals surface area contributed by atoms with E-state index in [2.05, 4.69) is 130 Å². The van der Waals surface area contributed by atoms with Gasteiger partial charge in [0, 0.05) is 19.3 Å². The van der Waals surface area contributed by atoms with Gasteiger partial charge in [-0.15, -0.1) is 0 Å². The smallest absolute Gasteiger partial charge is 0.306 e. The summed E-state index contributed by atoms with van der Waals surface area (Å²) in [6.07, 6.45) is 72.2. The van der Waals surface area contributed by atoms with E-state index in [0.29, 0.717) is 12.8 Å². The normalized spacial score (nSPS) is 13.0. The average Bonchev–Trinajstić information content (AvgIpc) is 3.31. The SMILES string of the molecule is CC/C=C\C/C=C\C/C=C\C/C=C\C/C=C\C/C=C\CCCCCCCCC(=O)OCC(COC(=O)CCCCCCCCCCCC)OC(=O)CCCCC/C=C\C/C=C\C/C=C\CC. The van der Waals surface area contributed by atoms with Crippen LogP contribution in [0.5, 0.6) is 0 Å². The van der Waals surface area contributed by atoms with Crippen molar-refractivity contribution in [1.29, 1.82) is 0 Å². The molecule has 0 heterocycles. The van der Waals surface area contributed by atoms with Gasteiger partial charge in [0.25, 0.3) is 0 Å². The van der Waals surface area contributed by atoms with Gasteiger partial charge in [-0.2, -0.15) is 0 Å². The van der Waals surface area contributed by atoms with Crippen molar-refractivity contribution in [2.45, 2.75) is 239 Å². The first kappa shape index (κ1) is 62.1. The van der Waals surface area contributed by atoms with Gasteiger partial charge in [-0.1, -0.05) is 220 Å². The Morgan fingerprint density at radius 1 is 0.318 bits per heavy atom. The topological polar surface area (TPSA) is 78.9 Å². The number of carbonyl (C=O) groups excluding carboxylic acids is 3. The van der Waals surface area contributed by atoms with Crippen molar-refractivity contribution in [1.82, 2.24) is 0 Å². The molecule has 0 amide bonds. The second-order valence-electron chi connectivity index (χ2n) is 17.4. The Bertz CT molecular complexity index is 1370. The average molecular weight is 915 g/mol. The number of esters is 3. The molecule has 0 aliphatic heterocycles. The van der Waals surface area contributed by atoms with Crippen molar-refractivity contribution in [3.05, 3.63) is 109 Å². The molecule has 66 heavy (non-hydrogen) atoms. The van der Waals surface area contributed by atoms with Crippen molar-refractivity contribution < 1.29 is 28.6 Å². The van der Waals surface area contributed by atoms with E-state index < -0.39 is 6.10 Å². The van der Waals surface area contributed by atoms with Crippen molar-refractivity contribution in [3.8, 4) is 0 Å². The number of ether oxygens (including phenoxy) is 3. The lowest BCUT2D eigenvalue weighted by molar-refractivity contribution is -0.167. The van der Waals surface area contributed by atoms with Gasteiger partial charge in [0.2, 0.25) is 0 Å². The Balaban J connectivity index is 4.34. The van der Waals surface area contributed by atoms with Gasteiger partial charge in [-0.05, 0) is 103 Å². The Labute approximate surface area is 406 Å². The summed E-state index contributed by atoms with van der Waals surface area (Å²) in [6, 6.07) is 0. The minimum atomic E-state index is -0.798. The molecule has 6 nitrogen and oxygen atoms in total. The van der Waals surface area contributed by atoms with E-state index >= 15 is 0 Å². The highest BCUT2D eigenvalue weighted by Crippen LogP contribution is 2.14. The summed E-state index contributed by atoms with van der Waals surface area (Å²) in [5.41, 5.74) is 0. The molecule has 374 valence electrons. The molecule has 0 fully saturated rings. The molecule has 6 heteroatoms. The second kappa shape index (κ2) is 53.7. The number of unbranched alkanes of at least 4 members (excludes halogenated alkanes) is 18. The number of rotatable bonds is 47. The van der Waals surface area contributed by atoms with E-state index in [9.17, 15) is 14.4 Å². The van der Waals surface area contributed by atoms with Gasteiger partial charge >= 0.3 is 17.9 Å². The zero-order chi connectivity index (χ0) is 47.9. The van der Waals surface area contributed by atoms with Crippen LogP contribution in [0, 0.1) is 0 Å². The quantitative estimate of drug-likeness (QED) is 0.0262. The van der Waals surface area contributed by atoms with E-state index in [1.165, 1.54) is 57.8 Å². The molecule has 0 radical (unpaired) electrons. The van der Waals surface area contributed by atoms with Crippen LogP contribution in [-0.4, -0.2) is 37.2 Å². The summed E-state index contributed by atoms with van der Waals surface area (Å²) in [4.78, 5) is 37.9. The van der Waals surface area contributed by atoms with Crippen LogP contribution in [0.15, 0.2) is 109 Å². The molecule has 1 atom stereocenters. The molecule has 0 aliphatic rings. The zero-order valence-electron chi connectivity index (χ0n) is 42.7. The fourth-order valence-electron chi connectivity index (χ4n) is 7.05. The summed E-state index contributed by atoms with van der Waals surface area (Å²) in [6.45, 7) is 6.35. The molecule has 0 aromatic rings. The third-order valence-electron chi connectivity index (χ3n) is 11.0. The van der Waals surface area contributed by atoms with Gasteiger partial charge in [0.1, 0.15) is 13.2 Å². The molecule has 0 saturated heterocycles. The van der Waals surface area contributed by atoms with Gasteiger partial charge < -0.3 is 14.2 Å². The Kier molecular flexibility index (Phi) is 50.5. The molecule has 0 aromatic carbocycles. The summed E-state index contributed by atoms with van der Waals surface area (Å²) in [7, 11) is 0. The van der Waals surface area contributed by atoms with Crippen LogP contribution in [0.25, 0.3) is 0 Å². The van der Waals surface area contributed by atoms with Crippen LogP contribution in [0.2, 0.25) is 0 Å². The summed E-state index contributed by atoms with van der Waals surface area (Å²) < 4.78 is 16.7. The third-order valence-corrected chi connectivity index (χ3v) is 11.0. The van der Waals surface area contributed by atoms with Crippen LogP contribution in [0.3, 0.4) is 0 Å². The standard InChI is InChI=1S/C60H98O6/c1-4-7-10-13-16-19-22-24-25-26-27-28-29-30-31-32-33-34-35-37-38-41-44-47-50-53-59(62)65-56-57(55-64-58(61)52-49-46-43-40-21-18-15-12-9-6-3)66-60(63)54-51-48-45-42-39-36-23-20-17-14-11-8-5-2/h7-8,10-11,16-17,19-20,24-25,27-28,30-31,33-34,36,39,57H,4-6,9,12-15,18,21-23,26,29,32,35,37-38,40-56H2,1-3H3/b10-7-,11-8-,19-16-,20-17-,25-24-,28-27-,31-30-,34-33-,39-36-. The monoisotopic (exact) mass is 915 g/mol. The first-order chi connectivity index (χ1) is 32.5. The molecule has 0 spiro atoms. The van der Waals surface area contributed by atoms with Crippen LogP contribution in [-0.2, 0) is 28.6 Å². The largest absolute Gasteiger partial charge is 0.462 e. The van der Waals surface area contributed by atoms with E-state index in [1.54, 1.807) is 0 Å². The fraction of sp³-hybridized carbons (Fsp3) is 0.650. The van der Waals surface area contributed by atoms with E-state index in [0.717, 1.165) is 135 Å². The molecule has 0 rings (SSSR count). The molecule has 0 N–H and O–H groups in total.